The van der Waals surface area contributed by atoms with Gasteiger partial charge in [0.1, 0.15) is 0 Å². The van der Waals surface area contributed by atoms with Crippen LogP contribution in [0, 0.1) is 5.92 Å². The number of esters is 1. The topological polar surface area (TPSA) is 29.5 Å². The van der Waals surface area contributed by atoms with Gasteiger partial charge in [-0.05, 0) is 51.4 Å². The number of benzene rings is 1. The number of carbonyl (C=O) groups is 1. The lowest BCUT2D eigenvalue weighted by Gasteiger charge is -2.22. The summed E-state index contributed by atoms with van der Waals surface area (Å²) in [4.78, 5) is 13.9. The molecule has 120 valence electrons. The van der Waals surface area contributed by atoms with Crippen LogP contribution in [0.4, 0.5) is 0 Å². The fraction of sp³-hybridized carbons (Fsp3) is 0.588. The van der Waals surface area contributed by atoms with Crippen LogP contribution in [0.2, 0.25) is 0 Å². The van der Waals surface area contributed by atoms with Gasteiger partial charge in [-0.2, -0.15) is 0 Å². The summed E-state index contributed by atoms with van der Waals surface area (Å²) in [7, 11) is 3.78. The Bertz CT molecular complexity index is 429. The van der Waals surface area contributed by atoms with E-state index in [1.54, 1.807) is 0 Å². The molecule has 1 aromatic rings. The molecule has 0 bridgehead atoms. The van der Waals surface area contributed by atoms with Crippen molar-refractivity contribution in [3.63, 3.8) is 0 Å². The van der Waals surface area contributed by atoms with Gasteiger partial charge in [0.25, 0.3) is 0 Å². The van der Waals surface area contributed by atoms with Gasteiger partial charge in [-0.25, -0.2) is 0 Å². The molecular formula is C17H28ClNO2. The predicted molar refractivity (Wildman–Crippen MR) is 89.9 cm³/mol. The summed E-state index contributed by atoms with van der Waals surface area (Å²) >= 11 is 0. The van der Waals surface area contributed by atoms with Crippen LogP contribution in [0.3, 0.4) is 0 Å². The molecule has 0 heterocycles. The van der Waals surface area contributed by atoms with Crippen molar-refractivity contribution >= 4 is 18.4 Å². The summed E-state index contributed by atoms with van der Waals surface area (Å²) in [5.74, 6) is 0.234. The van der Waals surface area contributed by atoms with E-state index in [0.717, 1.165) is 12.0 Å². The Labute approximate surface area is 135 Å². The number of hydrogen-bond acceptors (Lipinski definition) is 3. The van der Waals surface area contributed by atoms with Crippen molar-refractivity contribution in [2.75, 3.05) is 14.1 Å². The maximum Gasteiger partial charge on any atom is 0.314 e. The molecular weight excluding hydrogens is 286 g/mol. The van der Waals surface area contributed by atoms with Gasteiger partial charge in [-0.15, -0.1) is 12.4 Å². The third-order valence-electron chi connectivity index (χ3n) is 3.49. The molecule has 0 aliphatic carbocycles. The minimum atomic E-state index is -0.231. The van der Waals surface area contributed by atoms with E-state index < -0.39 is 0 Å². The molecule has 0 fully saturated rings. The maximum absolute atomic E-state index is 12.1. The third kappa shape index (κ3) is 6.49. The zero-order valence-corrected chi connectivity index (χ0v) is 14.7. The van der Waals surface area contributed by atoms with Gasteiger partial charge in [0, 0.05) is 0 Å². The zero-order valence-electron chi connectivity index (χ0n) is 13.9. The minimum absolute atomic E-state index is 0. The Balaban J connectivity index is 0.00000400. The van der Waals surface area contributed by atoms with Gasteiger partial charge in [0.15, 0.2) is 6.23 Å². The fourth-order valence-corrected chi connectivity index (χ4v) is 1.93. The van der Waals surface area contributed by atoms with E-state index in [1.807, 2.05) is 45.0 Å². The smallest absolute Gasteiger partial charge is 0.314 e. The standard InChI is InChI=1S/C17H27NO2.ClH/c1-12(2)11-15-7-9-16(10-8-15)13(3)17(19)20-14(4)18(5)6;/h7-10,12-14H,11H2,1-6H3;1H. The second-order valence-corrected chi connectivity index (χ2v) is 6.06. The molecule has 0 aliphatic heterocycles. The van der Waals surface area contributed by atoms with Crippen LogP contribution in [0.1, 0.15) is 44.7 Å². The first-order chi connectivity index (χ1) is 9.31. The summed E-state index contributed by atoms with van der Waals surface area (Å²) in [5.41, 5.74) is 2.32. The SMILES string of the molecule is CC(C)Cc1ccc(C(C)C(=O)OC(C)N(C)C)cc1.Cl. The van der Waals surface area contributed by atoms with Gasteiger partial charge in [-0.1, -0.05) is 38.1 Å². The van der Waals surface area contributed by atoms with Crippen molar-refractivity contribution in [3.8, 4) is 0 Å². The van der Waals surface area contributed by atoms with Gasteiger partial charge >= 0.3 is 5.97 Å². The van der Waals surface area contributed by atoms with Gasteiger partial charge in [0.2, 0.25) is 0 Å². The highest BCUT2D eigenvalue weighted by Crippen LogP contribution is 2.19. The minimum Gasteiger partial charge on any atom is -0.446 e. The number of nitrogens with zero attached hydrogens (tertiary/aromatic N) is 1. The molecule has 0 aliphatic rings. The van der Waals surface area contributed by atoms with E-state index in [0.29, 0.717) is 5.92 Å². The second kappa shape index (κ2) is 9.06. The summed E-state index contributed by atoms with van der Waals surface area (Å²) in [6.45, 7) is 8.17. The van der Waals surface area contributed by atoms with Crippen LogP contribution in [0.25, 0.3) is 0 Å². The molecule has 0 saturated heterocycles. The van der Waals surface area contributed by atoms with E-state index in [2.05, 4.69) is 26.0 Å². The molecule has 4 heteroatoms. The Morgan fingerprint density at radius 3 is 2.05 bits per heavy atom. The highest BCUT2D eigenvalue weighted by Gasteiger charge is 2.20. The summed E-state index contributed by atoms with van der Waals surface area (Å²) in [6.07, 6.45) is 0.863. The van der Waals surface area contributed by atoms with Crippen LogP contribution in [-0.2, 0) is 16.0 Å². The van der Waals surface area contributed by atoms with E-state index in [9.17, 15) is 4.79 Å². The molecule has 0 N–H and O–H groups in total. The van der Waals surface area contributed by atoms with E-state index in [4.69, 9.17) is 4.74 Å². The number of ether oxygens (including phenoxy) is 1. The van der Waals surface area contributed by atoms with Crippen molar-refractivity contribution < 1.29 is 9.53 Å². The molecule has 0 aromatic heterocycles. The van der Waals surface area contributed by atoms with Crippen LogP contribution >= 0.6 is 12.4 Å². The van der Waals surface area contributed by atoms with Crippen molar-refractivity contribution in [3.05, 3.63) is 35.4 Å². The lowest BCUT2D eigenvalue weighted by Crippen LogP contribution is -2.31. The van der Waals surface area contributed by atoms with Gasteiger partial charge in [-0.3, -0.25) is 9.69 Å². The number of hydrogen-bond donors (Lipinski definition) is 0. The molecule has 0 amide bonds. The van der Waals surface area contributed by atoms with Gasteiger partial charge in [0.05, 0.1) is 5.92 Å². The second-order valence-electron chi connectivity index (χ2n) is 6.06. The highest BCUT2D eigenvalue weighted by molar-refractivity contribution is 5.85. The van der Waals surface area contributed by atoms with Crippen LogP contribution in [0.5, 0.6) is 0 Å². The van der Waals surface area contributed by atoms with E-state index in [-0.39, 0.29) is 30.5 Å². The van der Waals surface area contributed by atoms with Crippen molar-refractivity contribution in [1.82, 2.24) is 4.90 Å². The van der Waals surface area contributed by atoms with Crippen molar-refractivity contribution in [2.45, 2.75) is 46.3 Å². The highest BCUT2D eigenvalue weighted by atomic mass is 35.5. The Hall–Kier alpha value is -1.06. The van der Waals surface area contributed by atoms with Crippen LogP contribution in [0.15, 0.2) is 24.3 Å². The maximum atomic E-state index is 12.1. The Kier molecular flexibility index (Phi) is 8.60. The molecule has 0 spiro atoms. The predicted octanol–water partition coefficient (Wildman–Crippen LogP) is 3.86. The molecule has 2 unspecified atom stereocenters. The van der Waals surface area contributed by atoms with E-state index >= 15 is 0 Å². The number of halogens is 1. The summed E-state index contributed by atoms with van der Waals surface area (Å²) < 4.78 is 5.41. The van der Waals surface area contributed by atoms with Crippen molar-refractivity contribution in [2.24, 2.45) is 5.92 Å². The molecule has 3 nitrogen and oxygen atoms in total. The lowest BCUT2D eigenvalue weighted by molar-refractivity contribution is -0.156. The van der Waals surface area contributed by atoms with Crippen molar-refractivity contribution in [1.29, 1.82) is 0 Å². The molecule has 0 radical (unpaired) electrons. The average molecular weight is 314 g/mol. The molecule has 0 saturated carbocycles. The molecule has 2 atom stereocenters. The normalized spacial score (nSPS) is 13.7. The largest absolute Gasteiger partial charge is 0.446 e. The third-order valence-corrected chi connectivity index (χ3v) is 3.49. The zero-order chi connectivity index (χ0) is 15.3. The first kappa shape index (κ1) is 19.9. The molecule has 21 heavy (non-hydrogen) atoms. The average Bonchev–Trinajstić information content (AvgIpc) is 2.37. The lowest BCUT2D eigenvalue weighted by atomic mass is 9.97. The van der Waals surface area contributed by atoms with Crippen LogP contribution < -0.4 is 0 Å². The number of carbonyl (C=O) groups excluding carboxylic acids is 1. The first-order valence-electron chi connectivity index (χ1n) is 7.27. The van der Waals surface area contributed by atoms with Crippen LogP contribution in [-0.4, -0.2) is 31.2 Å². The quantitative estimate of drug-likeness (QED) is 0.590. The monoisotopic (exact) mass is 313 g/mol. The molecule has 1 aromatic carbocycles. The summed E-state index contributed by atoms with van der Waals surface area (Å²) in [6, 6.07) is 8.27. The number of rotatable bonds is 6. The molecule has 1 rings (SSSR count). The first-order valence-corrected chi connectivity index (χ1v) is 7.27. The van der Waals surface area contributed by atoms with E-state index in [1.165, 1.54) is 5.56 Å². The fourth-order valence-electron chi connectivity index (χ4n) is 1.93. The van der Waals surface area contributed by atoms with Gasteiger partial charge < -0.3 is 4.74 Å². The Morgan fingerprint density at radius 2 is 1.62 bits per heavy atom. The summed E-state index contributed by atoms with van der Waals surface area (Å²) in [5, 5.41) is 0. The Morgan fingerprint density at radius 1 is 1.10 bits per heavy atom.